The number of hydrogen-bond acceptors (Lipinski definition) is 2. The molecule has 0 aliphatic carbocycles. The lowest BCUT2D eigenvalue weighted by Gasteiger charge is -2.17. The van der Waals surface area contributed by atoms with Gasteiger partial charge in [-0.1, -0.05) is 11.6 Å². The van der Waals surface area contributed by atoms with Gasteiger partial charge in [-0.3, -0.25) is 4.79 Å². The van der Waals surface area contributed by atoms with Crippen molar-refractivity contribution in [2.24, 2.45) is 5.92 Å². The summed E-state index contributed by atoms with van der Waals surface area (Å²) in [5, 5.41) is 10.5. The van der Waals surface area contributed by atoms with Crippen LogP contribution in [0.2, 0.25) is 5.02 Å². The van der Waals surface area contributed by atoms with Gasteiger partial charge in [-0.25, -0.2) is 4.39 Å². The van der Waals surface area contributed by atoms with Crippen molar-refractivity contribution in [3.05, 3.63) is 29.0 Å². The molecule has 8 heteroatoms. The van der Waals surface area contributed by atoms with Gasteiger partial charge in [0, 0.05) is 12.2 Å². The van der Waals surface area contributed by atoms with Gasteiger partial charge in [0.15, 0.2) is 5.92 Å². The molecule has 2 N–H and O–H groups in total. The van der Waals surface area contributed by atoms with Crippen molar-refractivity contribution < 1.29 is 27.5 Å². The molecule has 1 aromatic rings. The van der Waals surface area contributed by atoms with Gasteiger partial charge in [0.1, 0.15) is 5.82 Å². The number of halogens is 5. The van der Waals surface area contributed by atoms with Gasteiger partial charge in [0.25, 0.3) is 0 Å². The lowest BCUT2D eigenvalue weighted by Crippen LogP contribution is -2.36. The molecule has 18 heavy (non-hydrogen) atoms. The zero-order valence-corrected chi connectivity index (χ0v) is 9.52. The summed E-state index contributed by atoms with van der Waals surface area (Å²) in [5.41, 5.74) is 0.0207. The zero-order chi connectivity index (χ0) is 13.9. The van der Waals surface area contributed by atoms with Crippen LogP contribution in [-0.2, 0) is 4.79 Å². The highest BCUT2D eigenvalue weighted by Crippen LogP contribution is 2.27. The van der Waals surface area contributed by atoms with E-state index < -0.39 is 30.4 Å². The Bertz CT molecular complexity index is 450. The van der Waals surface area contributed by atoms with Crippen LogP contribution >= 0.6 is 11.6 Å². The molecule has 1 rings (SSSR count). The fourth-order valence-corrected chi connectivity index (χ4v) is 1.29. The van der Waals surface area contributed by atoms with E-state index in [1.54, 1.807) is 0 Å². The van der Waals surface area contributed by atoms with Crippen LogP contribution in [0.3, 0.4) is 0 Å². The summed E-state index contributed by atoms with van der Waals surface area (Å²) in [4.78, 5) is 10.4. The zero-order valence-electron chi connectivity index (χ0n) is 8.76. The van der Waals surface area contributed by atoms with Crippen LogP contribution in [-0.4, -0.2) is 23.8 Å². The molecule has 0 spiro atoms. The first-order chi connectivity index (χ1) is 8.21. The number of carbonyl (C=O) groups is 1. The third-order valence-corrected chi connectivity index (χ3v) is 2.43. The predicted octanol–water partition coefficient (Wildman–Crippen LogP) is 3.15. The van der Waals surface area contributed by atoms with E-state index in [1.165, 1.54) is 6.07 Å². The molecule has 0 saturated heterocycles. The van der Waals surface area contributed by atoms with Crippen LogP contribution in [0.25, 0.3) is 0 Å². The highest BCUT2D eigenvalue weighted by molar-refractivity contribution is 6.30. The van der Waals surface area contributed by atoms with Gasteiger partial charge in [0.05, 0.1) is 5.02 Å². The molecule has 0 heterocycles. The van der Waals surface area contributed by atoms with Gasteiger partial charge in [0.2, 0.25) is 0 Å². The van der Waals surface area contributed by atoms with Crippen LogP contribution in [0.1, 0.15) is 0 Å². The quantitative estimate of drug-likeness (QED) is 0.836. The third kappa shape index (κ3) is 3.76. The van der Waals surface area contributed by atoms with E-state index in [2.05, 4.69) is 5.32 Å². The second-order valence-electron chi connectivity index (χ2n) is 3.44. The molecule has 0 aromatic heterocycles. The molecule has 0 radical (unpaired) electrons. The third-order valence-electron chi connectivity index (χ3n) is 2.12. The number of alkyl halides is 3. The molecule has 0 bridgehead atoms. The maximum Gasteiger partial charge on any atom is 0.403 e. The summed E-state index contributed by atoms with van der Waals surface area (Å²) in [7, 11) is 0. The Morgan fingerprint density at radius 1 is 1.44 bits per heavy atom. The van der Waals surface area contributed by atoms with Gasteiger partial charge in [-0.05, 0) is 18.2 Å². The lowest BCUT2D eigenvalue weighted by molar-refractivity contribution is -0.190. The van der Waals surface area contributed by atoms with Crippen LogP contribution in [0, 0.1) is 11.7 Å². The summed E-state index contributed by atoms with van der Waals surface area (Å²) in [6.07, 6.45) is -4.87. The molecule has 1 unspecified atom stereocenters. The Morgan fingerprint density at radius 2 is 2.06 bits per heavy atom. The van der Waals surface area contributed by atoms with Crippen molar-refractivity contribution >= 4 is 23.3 Å². The lowest BCUT2D eigenvalue weighted by atomic mass is 10.1. The average molecular weight is 286 g/mol. The number of anilines is 1. The Hall–Kier alpha value is -1.50. The predicted molar refractivity (Wildman–Crippen MR) is 57.1 cm³/mol. The summed E-state index contributed by atoms with van der Waals surface area (Å²) in [6, 6.07) is 3.29. The molecule has 3 nitrogen and oxygen atoms in total. The van der Waals surface area contributed by atoms with E-state index in [-0.39, 0.29) is 10.7 Å². The summed E-state index contributed by atoms with van der Waals surface area (Å²) in [6.45, 7) is -0.889. The topological polar surface area (TPSA) is 49.3 Å². The monoisotopic (exact) mass is 285 g/mol. The smallest absolute Gasteiger partial charge is 0.403 e. The molecule has 1 aromatic carbocycles. The van der Waals surface area contributed by atoms with Crippen molar-refractivity contribution in [2.45, 2.75) is 6.18 Å². The minimum absolute atomic E-state index is 0.0207. The van der Waals surface area contributed by atoms with E-state index in [9.17, 15) is 22.4 Å². The van der Waals surface area contributed by atoms with Gasteiger partial charge < -0.3 is 10.4 Å². The molecular weight excluding hydrogens is 278 g/mol. The Kier molecular flexibility index (Phi) is 4.39. The Labute approximate surface area is 104 Å². The normalized spacial score (nSPS) is 13.2. The van der Waals surface area contributed by atoms with Crippen LogP contribution in [0.5, 0.6) is 0 Å². The standard InChI is InChI=1S/C10H8ClF4NO2/c11-7-2-1-5(3-8(7)12)16-4-6(9(17)18)10(13,14)15/h1-3,6,16H,4H2,(H,17,18). The van der Waals surface area contributed by atoms with E-state index in [1.807, 2.05) is 0 Å². The molecule has 0 fully saturated rings. The van der Waals surface area contributed by atoms with Crippen molar-refractivity contribution in [1.29, 1.82) is 0 Å². The number of nitrogens with one attached hydrogen (secondary N) is 1. The minimum atomic E-state index is -4.87. The minimum Gasteiger partial charge on any atom is -0.481 e. The number of carboxylic acids is 1. The number of carboxylic acid groups (broad SMARTS) is 1. The van der Waals surface area contributed by atoms with Crippen molar-refractivity contribution in [2.75, 3.05) is 11.9 Å². The van der Waals surface area contributed by atoms with Crippen LogP contribution in [0.4, 0.5) is 23.2 Å². The van der Waals surface area contributed by atoms with Crippen molar-refractivity contribution in [1.82, 2.24) is 0 Å². The van der Waals surface area contributed by atoms with Gasteiger partial charge >= 0.3 is 12.1 Å². The maximum absolute atomic E-state index is 13.0. The van der Waals surface area contributed by atoms with E-state index in [0.717, 1.165) is 12.1 Å². The molecule has 0 aliphatic rings. The number of aliphatic carboxylic acids is 1. The second kappa shape index (κ2) is 5.43. The number of hydrogen-bond donors (Lipinski definition) is 2. The summed E-state index contributed by atoms with van der Waals surface area (Å²) >= 11 is 5.39. The fourth-order valence-electron chi connectivity index (χ4n) is 1.17. The second-order valence-corrected chi connectivity index (χ2v) is 3.85. The molecule has 0 saturated carbocycles. The number of benzene rings is 1. The van der Waals surface area contributed by atoms with E-state index in [0.29, 0.717) is 0 Å². The molecule has 100 valence electrons. The summed E-state index contributed by atoms with van der Waals surface area (Å²) < 4.78 is 49.9. The first kappa shape index (κ1) is 14.6. The Morgan fingerprint density at radius 3 is 2.50 bits per heavy atom. The average Bonchev–Trinajstić information content (AvgIpc) is 2.21. The van der Waals surface area contributed by atoms with Crippen molar-refractivity contribution in [3.8, 4) is 0 Å². The van der Waals surface area contributed by atoms with Gasteiger partial charge in [-0.2, -0.15) is 13.2 Å². The van der Waals surface area contributed by atoms with Crippen LogP contribution in [0.15, 0.2) is 18.2 Å². The SMILES string of the molecule is O=C(O)C(CNc1ccc(Cl)c(F)c1)C(F)(F)F. The first-order valence-electron chi connectivity index (χ1n) is 4.70. The van der Waals surface area contributed by atoms with Crippen molar-refractivity contribution in [3.63, 3.8) is 0 Å². The van der Waals surface area contributed by atoms with Gasteiger partial charge in [-0.15, -0.1) is 0 Å². The van der Waals surface area contributed by atoms with E-state index >= 15 is 0 Å². The highest BCUT2D eigenvalue weighted by Gasteiger charge is 2.44. The van der Waals surface area contributed by atoms with Crippen LogP contribution < -0.4 is 5.32 Å². The molecule has 0 aliphatic heterocycles. The maximum atomic E-state index is 13.0. The largest absolute Gasteiger partial charge is 0.481 e. The first-order valence-corrected chi connectivity index (χ1v) is 5.08. The molecular formula is C10H8ClF4NO2. The van der Waals surface area contributed by atoms with E-state index in [4.69, 9.17) is 16.7 Å². The fraction of sp³-hybridized carbons (Fsp3) is 0.300. The number of rotatable bonds is 4. The highest BCUT2D eigenvalue weighted by atomic mass is 35.5. The Balaban J connectivity index is 2.73. The molecule has 0 amide bonds. The molecule has 1 atom stereocenters. The summed E-state index contributed by atoms with van der Waals surface area (Å²) in [5.74, 6) is -5.36.